The van der Waals surface area contributed by atoms with Crippen molar-refractivity contribution in [3.63, 3.8) is 0 Å². The van der Waals surface area contributed by atoms with Crippen molar-refractivity contribution < 1.29 is 9.90 Å². The highest BCUT2D eigenvalue weighted by Gasteiger charge is 2.16. The normalized spacial score (nSPS) is 15.9. The highest BCUT2D eigenvalue weighted by Crippen LogP contribution is 2.29. The summed E-state index contributed by atoms with van der Waals surface area (Å²) in [5, 5.41) is 15.1. The van der Waals surface area contributed by atoms with Gasteiger partial charge in [-0.3, -0.25) is 4.79 Å². The zero-order valence-electron chi connectivity index (χ0n) is 11.4. The summed E-state index contributed by atoms with van der Waals surface area (Å²) in [4.78, 5) is 14.2. The molecular formula is C14H22N2O2S. The lowest BCUT2D eigenvalue weighted by Gasteiger charge is -2.08. The highest BCUT2D eigenvalue weighted by atomic mass is 32.1. The van der Waals surface area contributed by atoms with Crippen LogP contribution in [0.15, 0.2) is 6.07 Å². The van der Waals surface area contributed by atoms with Crippen molar-refractivity contribution in [3.05, 3.63) is 21.4 Å². The van der Waals surface area contributed by atoms with Crippen molar-refractivity contribution in [2.24, 2.45) is 0 Å². The Morgan fingerprint density at radius 2 is 2.21 bits per heavy atom. The van der Waals surface area contributed by atoms with E-state index in [2.05, 4.69) is 16.7 Å². The average molecular weight is 282 g/mol. The monoisotopic (exact) mass is 282 g/mol. The van der Waals surface area contributed by atoms with Crippen LogP contribution in [0, 0.1) is 0 Å². The summed E-state index contributed by atoms with van der Waals surface area (Å²) < 4.78 is 0. The molecule has 1 amide bonds. The molecule has 0 radical (unpaired) electrons. The first-order chi connectivity index (χ1) is 9.16. The number of hydrogen-bond acceptors (Lipinski definition) is 4. The largest absolute Gasteiger partial charge is 0.392 e. The van der Waals surface area contributed by atoms with Crippen LogP contribution in [0.1, 0.15) is 39.9 Å². The zero-order valence-corrected chi connectivity index (χ0v) is 12.2. The van der Waals surface area contributed by atoms with Crippen LogP contribution in [0.2, 0.25) is 0 Å². The number of carbonyl (C=O) groups excluding carboxylic acids is 1. The zero-order chi connectivity index (χ0) is 13.7. The number of nitrogens with one attached hydrogen (secondary N) is 2. The van der Waals surface area contributed by atoms with Gasteiger partial charge in [0, 0.05) is 24.5 Å². The van der Waals surface area contributed by atoms with Crippen molar-refractivity contribution in [2.75, 3.05) is 19.6 Å². The smallest absolute Gasteiger partial charge is 0.261 e. The Balaban J connectivity index is 1.75. The van der Waals surface area contributed by atoms with Crippen molar-refractivity contribution >= 4 is 17.2 Å². The summed E-state index contributed by atoms with van der Waals surface area (Å²) in [5.74, 6) is 0.0262. The predicted octanol–water partition coefficient (Wildman–Crippen LogP) is 1.33. The summed E-state index contributed by atoms with van der Waals surface area (Å²) in [6.45, 7) is 3.57. The van der Waals surface area contributed by atoms with E-state index in [9.17, 15) is 4.79 Å². The fourth-order valence-electron chi connectivity index (χ4n) is 2.27. The van der Waals surface area contributed by atoms with Crippen LogP contribution < -0.4 is 10.6 Å². The van der Waals surface area contributed by atoms with E-state index in [1.165, 1.54) is 23.3 Å². The number of thiophene rings is 1. The third-order valence-corrected chi connectivity index (χ3v) is 4.48. The molecule has 5 heteroatoms. The molecule has 106 valence electrons. The molecule has 3 N–H and O–H groups in total. The Hall–Kier alpha value is -0.910. The number of aryl methyl sites for hydroxylation is 2. The molecule has 0 aromatic carbocycles. The van der Waals surface area contributed by atoms with Crippen molar-refractivity contribution in [1.82, 2.24) is 10.6 Å². The van der Waals surface area contributed by atoms with Crippen LogP contribution >= 0.6 is 11.3 Å². The third kappa shape index (κ3) is 4.30. The predicted molar refractivity (Wildman–Crippen MR) is 77.8 cm³/mol. The van der Waals surface area contributed by atoms with Gasteiger partial charge in [-0.1, -0.05) is 0 Å². The van der Waals surface area contributed by atoms with Crippen molar-refractivity contribution in [2.45, 2.75) is 38.7 Å². The van der Waals surface area contributed by atoms with E-state index in [0.717, 1.165) is 17.7 Å². The number of rotatable bonds is 6. The summed E-state index contributed by atoms with van der Waals surface area (Å²) in [6.07, 6.45) is 4.39. The van der Waals surface area contributed by atoms with E-state index in [-0.39, 0.29) is 12.0 Å². The maximum Gasteiger partial charge on any atom is 0.261 e. The highest BCUT2D eigenvalue weighted by molar-refractivity contribution is 7.14. The van der Waals surface area contributed by atoms with Gasteiger partial charge in [0.25, 0.3) is 5.91 Å². The molecule has 0 bridgehead atoms. The quantitative estimate of drug-likeness (QED) is 0.690. The second-order valence-electron chi connectivity index (χ2n) is 5.08. The molecule has 1 heterocycles. The maximum absolute atomic E-state index is 12.0. The Kier molecular flexibility index (Phi) is 5.36. The summed E-state index contributed by atoms with van der Waals surface area (Å²) in [7, 11) is 0. The van der Waals surface area contributed by atoms with Gasteiger partial charge in [-0.25, -0.2) is 0 Å². The van der Waals surface area contributed by atoms with E-state index >= 15 is 0 Å². The standard InChI is InChI=1S/C14H22N2O2S/c1-10(17)9-15-6-7-16-14(18)13-8-11-4-2-3-5-12(11)19-13/h8,10,15,17H,2-7,9H2,1H3,(H,16,18). The summed E-state index contributed by atoms with van der Waals surface area (Å²) in [5.41, 5.74) is 1.37. The second-order valence-corrected chi connectivity index (χ2v) is 6.21. The van der Waals surface area contributed by atoms with Crippen molar-refractivity contribution in [3.8, 4) is 0 Å². The first-order valence-electron chi connectivity index (χ1n) is 6.95. The van der Waals surface area contributed by atoms with Gasteiger partial charge in [0.2, 0.25) is 0 Å². The van der Waals surface area contributed by atoms with E-state index in [1.54, 1.807) is 18.3 Å². The fraction of sp³-hybridized carbons (Fsp3) is 0.643. The van der Waals surface area contributed by atoms with Crippen LogP contribution in [0.4, 0.5) is 0 Å². The molecular weight excluding hydrogens is 260 g/mol. The number of aliphatic hydroxyl groups excluding tert-OH is 1. The Bertz CT molecular complexity index is 406. The second kappa shape index (κ2) is 7.03. The van der Waals surface area contributed by atoms with Gasteiger partial charge in [0.15, 0.2) is 0 Å². The SMILES string of the molecule is CC(O)CNCCNC(=O)c1cc2c(s1)CCCC2. The molecule has 4 nitrogen and oxygen atoms in total. The molecule has 1 aliphatic carbocycles. The molecule has 1 aliphatic rings. The maximum atomic E-state index is 12.0. The average Bonchev–Trinajstić information content (AvgIpc) is 2.81. The lowest BCUT2D eigenvalue weighted by Crippen LogP contribution is -2.34. The number of aliphatic hydroxyl groups is 1. The van der Waals surface area contributed by atoms with Gasteiger partial charge in [-0.15, -0.1) is 11.3 Å². The lowest BCUT2D eigenvalue weighted by molar-refractivity contribution is 0.0957. The summed E-state index contributed by atoms with van der Waals surface area (Å²) in [6, 6.07) is 2.05. The summed E-state index contributed by atoms with van der Waals surface area (Å²) >= 11 is 1.64. The molecule has 0 saturated carbocycles. The third-order valence-electron chi connectivity index (χ3n) is 3.25. The van der Waals surface area contributed by atoms with E-state index in [0.29, 0.717) is 19.6 Å². The topological polar surface area (TPSA) is 61.4 Å². The first-order valence-corrected chi connectivity index (χ1v) is 7.77. The minimum Gasteiger partial charge on any atom is -0.392 e. The van der Waals surface area contributed by atoms with Crippen LogP contribution in [-0.4, -0.2) is 36.8 Å². The van der Waals surface area contributed by atoms with Gasteiger partial charge < -0.3 is 15.7 Å². The molecule has 1 unspecified atom stereocenters. The van der Waals surface area contributed by atoms with E-state index in [1.807, 2.05) is 0 Å². The Morgan fingerprint density at radius 1 is 1.42 bits per heavy atom. The van der Waals surface area contributed by atoms with Gasteiger partial charge in [-0.2, -0.15) is 0 Å². The lowest BCUT2D eigenvalue weighted by atomic mass is 9.99. The Labute approximate surface area is 118 Å². The Morgan fingerprint density at radius 3 is 2.95 bits per heavy atom. The van der Waals surface area contributed by atoms with Gasteiger partial charge >= 0.3 is 0 Å². The molecule has 19 heavy (non-hydrogen) atoms. The number of amides is 1. The molecule has 2 rings (SSSR count). The van der Waals surface area contributed by atoms with Crippen molar-refractivity contribution in [1.29, 1.82) is 0 Å². The van der Waals surface area contributed by atoms with Crippen LogP contribution in [0.25, 0.3) is 0 Å². The minimum absolute atomic E-state index is 0.0262. The van der Waals surface area contributed by atoms with Gasteiger partial charge in [-0.05, 0) is 44.2 Å². The first kappa shape index (κ1) is 14.5. The molecule has 1 aromatic heterocycles. The fourth-order valence-corrected chi connectivity index (χ4v) is 3.44. The molecule has 0 saturated heterocycles. The number of fused-ring (bicyclic) bond motifs is 1. The number of carbonyl (C=O) groups is 1. The minimum atomic E-state index is -0.347. The van der Waals surface area contributed by atoms with Gasteiger partial charge in [0.05, 0.1) is 11.0 Å². The molecule has 0 spiro atoms. The van der Waals surface area contributed by atoms with E-state index in [4.69, 9.17) is 5.11 Å². The van der Waals surface area contributed by atoms with Crippen LogP contribution in [0.3, 0.4) is 0 Å². The number of hydrogen-bond donors (Lipinski definition) is 3. The molecule has 0 fully saturated rings. The van der Waals surface area contributed by atoms with E-state index < -0.39 is 0 Å². The molecule has 0 aliphatic heterocycles. The van der Waals surface area contributed by atoms with Crippen LogP contribution in [-0.2, 0) is 12.8 Å². The molecule has 1 atom stereocenters. The van der Waals surface area contributed by atoms with Gasteiger partial charge in [0.1, 0.15) is 0 Å². The molecule has 1 aromatic rings. The van der Waals surface area contributed by atoms with Crippen LogP contribution in [0.5, 0.6) is 0 Å².